The Morgan fingerprint density at radius 3 is 2.57 bits per heavy atom. The number of hydrogen-bond acceptors (Lipinski definition) is 4. The highest BCUT2D eigenvalue weighted by molar-refractivity contribution is 9.10. The van der Waals surface area contributed by atoms with Gasteiger partial charge in [-0.3, -0.25) is 4.79 Å². The third kappa shape index (κ3) is 4.77. The van der Waals surface area contributed by atoms with Crippen LogP contribution >= 0.6 is 27.5 Å². The van der Waals surface area contributed by atoms with Crippen LogP contribution in [-0.2, 0) is 4.79 Å². The Bertz CT molecular complexity index is 708. The lowest BCUT2D eigenvalue weighted by Crippen LogP contribution is -2.20. The molecule has 0 atom stereocenters. The van der Waals surface area contributed by atoms with E-state index in [2.05, 4.69) is 21.2 Å². The van der Waals surface area contributed by atoms with Crippen LogP contribution in [0.15, 0.2) is 40.9 Å². The third-order valence-electron chi connectivity index (χ3n) is 2.91. The molecule has 0 unspecified atom stereocenters. The normalized spacial score (nSPS) is 10.1. The van der Waals surface area contributed by atoms with E-state index in [1.807, 2.05) is 0 Å². The van der Waals surface area contributed by atoms with E-state index in [1.54, 1.807) is 43.5 Å². The van der Waals surface area contributed by atoms with Crippen LogP contribution in [0.4, 0.5) is 5.69 Å². The molecular weight excluding hydrogens is 386 g/mol. The molecular formula is C16H15BrClNO4. The van der Waals surface area contributed by atoms with Gasteiger partial charge in [0, 0.05) is 17.2 Å². The second kappa shape index (κ2) is 8.08. The number of ether oxygens (including phenoxy) is 3. The Morgan fingerprint density at radius 2 is 1.91 bits per heavy atom. The van der Waals surface area contributed by atoms with Crippen molar-refractivity contribution >= 4 is 39.1 Å². The van der Waals surface area contributed by atoms with Crippen LogP contribution in [0.3, 0.4) is 0 Å². The highest BCUT2D eigenvalue weighted by Crippen LogP contribution is 2.36. The van der Waals surface area contributed by atoms with Crippen LogP contribution in [0.1, 0.15) is 0 Å². The van der Waals surface area contributed by atoms with Gasteiger partial charge in [0.25, 0.3) is 5.91 Å². The minimum Gasteiger partial charge on any atom is -0.495 e. The van der Waals surface area contributed by atoms with E-state index in [9.17, 15) is 4.79 Å². The summed E-state index contributed by atoms with van der Waals surface area (Å²) in [5.74, 6) is 1.28. The van der Waals surface area contributed by atoms with Crippen molar-refractivity contribution in [2.75, 3.05) is 26.1 Å². The zero-order valence-corrected chi connectivity index (χ0v) is 14.9. The van der Waals surface area contributed by atoms with Crippen LogP contribution in [0, 0.1) is 0 Å². The van der Waals surface area contributed by atoms with E-state index in [0.717, 1.165) is 4.47 Å². The van der Waals surface area contributed by atoms with Gasteiger partial charge in [-0.1, -0.05) is 17.7 Å². The standard InChI is InChI=1S/C16H15BrClNO4/c1-21-14-8-13(15(22-2)7-12(14)17)19-16(20)9-23-11-5-3-4-10(18)6-11/h3-8H,9H2,1-2H3,(H,19,20). The molecule has 0 heterocycles. The van der Waals surface area contributed by atoms with E-state index in [1.165, 1.54) is 7.11 Å². The van der Waals surface area contributed by atoms with Crippen LogP contribution < -0.4 is 19.5 Å². The van der Waals surface area contributed by atoms with Crippen molar-refractivity contribution < 1.29 is 19.0 Å². The van der Waals surface area contributed by atoms with Crippen LogP contribution in [0.5, 0.6) is 17.2 Å². The molecule has 0 aromatic heterocycles. The SMILES string of the molecule is COc1cc(NC(=O)COc2cccc(Cl)c2)c(OC)cc1Br. The fourth-order valence-electron chi connectivity index (χ4n) is 1.85. The van der Waals surface area contributed by atoms with Gasteiger partial charge in [-0.2, -0.15) is 0 Å². The first-order chi connectivity index (χ1) is 11.0. The summed E-state index contributed by atoms with van der Waals surface area (Å²) in [6.45, 7) is -0.151. The minimum absolute atomic E-state index is 0.151. The Kier molecular flexibility index (Phi) is 6.12. The third-order valence-corrected chi connectivity index (χ3v) is 3.77. The fraction of sp³-hybridized carbons (Fsp3) is 0.188. The fourth-order valence-corrected chi connectivity index (χ4v) is 2.51. The number of carbonyl (C=O) groups is 1. The Labute approximate surface area is 147 Å². The number of methoxy groups -OCH3 is 2. The maximum Gasteiger partial charge on any atom is 0.262 e. The van der Waals surface area contributed by atoms with E-state index >= 15 is 0 Å². The van der Waals surface area contributed by atoms with Crippen LogP contribution in [0.25, 0.3) is 0 Å². The first kappa shape index (κ1) is 17.4. The summed E-state index contributed by atoms with van der Waals surface area (Å²) in [7, 11) is 3.06. The molecule has 0 saturated carbocycles. The largest absolute Gasteiger partial charge is 0.495 e. The van der Waals surface area contributed by atoms with E-state index in [-0.39, 0.29) is 12.5 Å². The Balaban J connectivity index is 2.05. The summed E-state index contributed by atoms with van der Waals surface area (Å²) in [6.07, 6.45) is 0. The summed E-state index contributed by atoms with van der Waals surface area (Å²) >= 11 is 9.22. The van der Waals surface area contributed by atoms with Gasteiger partial charge in [-0.25, -0.2) is 0 Å². The summed E-state index contributed by atoms with van der Waals surface area (Å²) < 4.78 is 16.6. The van der Waals surface area contributed by atoms with Gasteiger partial charge in [0.15, 0.2) is 6.61 Å². The molecule has 0 aliphatic rings. The van der Waals surface area contributed by atoms with Gasteiger partial charge >= 0.3 is 0 Å². The lowest BCUT2D eigenvalue weighted by atomic mass is 10.2. The van der Waals surface area contributed by atoms with E-state index < -0.39 is 0 Å². The number of benzene rings is 2. The molecule has 0 saturated heterocycles. The van der Waals surface area contributed by atoms with Crippen LogP contribution in [-0.4, -0.2) is 26.7 Å². The van der Waals surface area contributed by atoms with Gasteiger partial charge in [0.05, 0.1) is 24.4 Å². The van der Waals surface area contributed by atoms with Gasteiger partial charge in [-0.05, 0) is 34.1 Å². The summed E-state index contributed by atoms with van der Waals surface area (Å²) in [5.41, 5.74) is 0.493. The zero-order chi connectivity index (χ0) is 16.8. The molecule has 2 aromatic rings. The van der Waals surface area contributed by atoms with Crippen LogP contribution in [0.2, 0.25) is 5.02 Å². The van der Waals surface area contributed by atoms with Crippen molar-refractivity contribution in [3.8, 4) is 17.2 Å². The molecule has 0 radical (unpaired) electrons. The number of carbonyl (C=O) groups excluding carboxylic acids is 1. The Morgan fingerprint density at radius 1 is 1.17 bits per heavy atom. The monoisotopic (exact) mass is 399 g/mol. The van der Waals surface area contributed by atoms with Crippen molar-refractivity contribution in [2.45, 2.75) is 0 Å². The Hall–Kier alpha value is -1.92. The first-order valence-corrected chi connectivity index (χ1v) is 7.80. The molecule has 2 aromatic carbocycles. The highest BCUT2D eigenvalue weighted by atomic mass is 79.9. The van der Waals surface area contributed by atoms with Crippen molar-refractivity contribution in [1.29, 1.82) is 0 Å². The molecule has 0 bridgehead atoms. The van der Waals surface area contributed by atoms with Gasteiger partial charge in [0.1, 0.15) is 17.2 Å². The molecule has 0 fully saturated rings. The number of anilines is 1. The van der Waals surface area contributed by atoms with Gasteiger partial charge < -0.3 is 19.5 Å². The molecule has 2 rings (SSSR count). The smallest absolute Gasteiger partial charge is 0.262 e. The lowest BCUT2D eigenvalue weighted by Gasteiger charge is -2.13. The first-order valence-electron chi connectivity index (χ1n) is 6.63. The number of nitrogens with one attached hydrogen (secondary N) is 1. The quantitative estimate of drug-likeness (QED) is 0.792. The molecule has 5 nitrogen and oxygen atoms in total. The number of hydrogen-bond donors (Lipinski definition) is 1. The lowest BCUT2D eigenvalue weighted by molar-refractivity contribution is -0.118. The van der Waals surface area contributed by atoms with Crippen molar-refractivity contribution in [2.24, 2.45) is 0 Å². The minimum atomic E-state index is -0.326. The molecule has 122 valence electrons. The zero-order valence-electron chi connectivity index (χ0n) is 12.6. The van der Waals surface area contributed by atoms with Crippen molar-refractivity contribution in [1.82, 2.24) is 0 Å². The number of halogens is 2. The molecule has 0 aliphatic heterocycles. The second-order valence-corrected chi connectivity index (χ2v) is 5.77. The predicted molar refractivity (Wildman–Crippen MR) is 92.8 cm³/mol. The topological polar surface area (TPSA) is 56.8 Å². The molecule has 1 amide bonds. The summed E-state index contributed by atoms with van der Waals surface area (Å²) in [4.78, 5) is 12.0. The number of rotatable bonds is 6. The second-order valence-electron chi connectivity index (χ2n) is 4.48. The molecule has 23 heavy (non-hydrogen) atoms. The van der Waals surface area contributed by atoms with Crippen molar-refractivity contribution in [3.63, 3.8) is 0 Å². The average molecular weight is 401 g/mol. The summed E-state index contributed by atoms with van der Waals surface area (Å²) in [5, 5.41) is 3.27. The highest BCUT2D eigenvalue weighted by Gasteiger charge is 2.12. The molecule has 0 spiro atoms. The molecule has 7 heteroatoms. The number of amides is 1. The predicted octanol–water partition coefficient (Wildman–Crippen LogP) is 4.14. The van der Waals surface area contributed by atoms with E-state index in [0.29, 0.717) is 28.0 Å². The molecule has 1 N–H and O–H groups in total. The summed E-state index contributed by atoms with van der Waals surface area (Å²) in [6, 6.07) is 10.2. The molecule has 0 aliphatic carbocycles. The van der Waals surface area contributed by atoms with Gasteiger partial charge in [0.2, 0.25) is 0 Å². The van der Waals surface area contributed by atoms with Gasteiger partial charge in [-0.15, -0.1) is 0 Å². The maximum atomic E-state index is 12.0. The maximum absolute atomic E-state index is 12.0. The van der Waals surface area contributed by atoms with Crippen molar-refractivity contribution in [3.05, 3.63) is 45.9 Å². The van der Waals surface area contributed by atoms with E-state index in [4.69, 9.17) is 25.8 Å². The average Bonchev–Trinajstić information content (AvgIpc) is 2.54.